The van der Waals surface area contributed by atoms with E-state index in [1.807, 2.05) is 37.3 Å². The van der Waals surface area contributed by atoms with Crippen molar-refractivity contribution in [3.8, 4) is 17.2 Å². The Morgan fingerprint density at radius 1 is 0.955 bits per heavy atom. The van der Waals surface area contributed by atoms with Crippen molar-refractivity contribution in [1.29, 1.82) is 0 Å². The average molecular weight is 386 g/mol. The molecule has 0 saturated carbocycles. The van der Waals surface area contributed by atoms with Gasteiger partial charge in [-0.25, -0.2) is 0 Å². The van der Waals surface area contributed by atoms with Crippen LogP contribution >= 0.6 is 27.5 Å². The minimum atomic E-state index is 0.560. The predicted molar refractivity (Wildman–Crippen MR) is 92.5 cm³/mol. The zero-order valence-electron chi connectivity index (χ0n) is 12.6. The highest BCUT2D eigenvalue weighted by atomic mass is 79.9. The molecule has 22 heavy (non-hydrogen) atoms. The Hall–Kier alpha value is -1.39. The first-order valence-electron chi connectivity index (χ1n) is 6.95. The van der Waals surface area contributed by atoms with Crippen molar-refractivity contribution in [2.24, 2.45) is 0 Å². The molecule has 0 amide bonds. The van der Waals surface area contributed by atoms with Crippen LogP contribution in [0.25, 0.3) is 0 Å². The highest BCUT2D eigenvalue weighted by Crippen LogP contribution is 2.29. The first-order chi connectivity index (χ1) is 10.6. The number of methoxy groups -OCH3 is 1. The van der Waals surface area contributed by atoms with E-state index in [4.69, 9.17) is 25.8 Å². The number of ether oxygens (including phenoxy) is 3. The molecule has 0 spiro atoms. The summed E-state index contributed by atoms with van der Waals surface area (Å²) in [6.45, 7) is 3.14. The summed E-state index contributed by atoms with van der Waals surface area (Å²) in [6.07, 6.45) is 0.770. The molecule has 3 nitrogen and oxygen atoms in total. The molecule has 0 aliphatic rings. The van der Waals surface area contributed by atoms with Gasteiger partial charge in [0.2, 0.25) is 0 Å². The second-order valence-corrected chi connectivity index (χ2v) is 6.07. The molecule has 118 valence electrons. The van der Waals surface area contributed by atoms with Gasteiger partial charge in [0.1, 0.15) is 5.75 Å². The van der Waals surface area contributed by atoms with Crippen LogP contribution in [0.4, 0.5) is 0 Å². The summed E-state index contributed by atoms with van der Waals surface area (Å²) in [6, 6.07) is 11.3. The summed E-state index contributed by atoms with van der Waals surface area (Å²) >= 11 is 9.31. The first kappa shape index (κ1) is 17.0. The van der Waals surface area contributed by atoms with Gasteiger partial charge in [0.15, 0.2) is 11.5 Å². The Morgan fingerprint density at radius 3 is 2.32 bits per heavy atom. The molecule has 0 bridgehead atoms. The fraction of sp³-hybridized carbons (Fsp3) is 0.294. The summed E-state index contributed by atoms with van der Waals surface area (Å²) in [5.74, 6) is 2.28. The molecule has 0 aromatic heterocycles. The molecule has 2 rings (SSSR count). The highest BCUT2D eigenvalue weighted by Gasteiger charge is 2.05. The molecule has 0 aliphatic heterocycles. The van der Waals surface area contributed by atoms with Gasteiger partial charge in [-0.15, -0.1) is 0 Å². The van der Waals surface area contributed by atoms with Crippen LogP contribution < -0.4 is 14.2 Å². The smallest absolute Gasteiger partial charge is 0.161 e. The number of aryl methyl sites for hydroxylation is 1. The fourth-order valence-electron chi connectivity index (χ4n) is 1.91. The summed E-state index contributed by atoms with van der Waals surface area (Å²) in [7, 11) is 1.64. The van der Waals surface area contributed by atoms with Gasteiger partial charge in [0.05, 0.1) is 24.8 Å². The van der Waals surface area contributed by atoms with Crippen LogP contribution in [0.2, 0.25) is 5.02 Å². The molecular formula is C17H18BrClO3. The maximum atomic E-state index is 5.89. The first-order valence-corrected chi connectivity index (χ1v) is 8.12. The molecule has 0 unspecified atom stereocenters. The fourth-order valence-corrected chi connectivity index (χ4v) is 2.71. The van der Waals surface area contributed by atoms with E-state index in [1.54, 1.807) is 13.2 Å². The van der Waals surface area contributed by atoms with Gasteiger partial charge in [0.25, 0.3) is 0 Å². The zero-order chi connectivity index (χ0) is 15.9. The van der Waals surface area contributed by atoms with Crippen LogP contribution in [0, 0.1) is 6.92 Å². The second-order valence-electron chi connectivity index (χ2n) is 4.78. The van der Waals surface area contributed by atoms with Gasteiger partial charge < -0.3 is 14.2 Å². The lowest BCUT2D eigenvalue weighted by Crippen LogP contribution is -2.06. The van der Waals surface area contributed by atoms with Crippen molar-refractivity contribution in [2.45, 2.75) is 13.3 Å². The molecule has 2 aromatic rings. The molecule has 0 radical (unpaired) electrons. The van der Waals surface area contributed by atoms with Crippen LogP contribution in [-0.4, -0.2) is 20.3 Å². The normalized spacial score (nSPS) is 10.4. The zero-order valence-corrected chi connectivity index (χ0v) is 14.9. The molecule has 0 heterocycles. The van der Waals surface area contributed by atoms with Gasteiger partial charge in [-0.05, 0) is 58.7 Å². The van der Waals surface area contributed by atoms with E-state index < -0.39 is 0 Å². The quantitative estimate of drug-likeness (QED) is 0.608. The number of rotatable bonds is 7. The van der Waals surface area contributed by atoms with Crippen molar-refractivity contribution in [2.75, 3.05) is 20.3 Å². The SMILES string of the molecule is COc1cc(C)ccc1OCCCOc1ccc(Cl)cc1Br. The van der Waals surface area contributed by atoms with Gasteiger partial charge in [-0.3, -0.25) is 0 Å². The van der Waals surface area contributed by atoms with Crippen LogP contribution in [0.5, 0.6) is 17.2 Å². The molecule has 2 aromatic carbocycles. The summed E-state index contributed by atoms with van der Waals surface area (Å²) < 4.78 is 17.6. The van der Waals surface area contributed by atoms with Crippen molar-refractivity contribution in [1.82, 2.24) is 0 Å². The number of hydrogen-bond donors (Lipinski definition) is 0. The molecule has 0 N–H and O–H groups in total. The Balaban J connectivity index is 1.78. The molecule has 0 atom stereocenters. The molecule has 0 aliphatic carbocycles. The largest absolute Gasteiger partial charge is 0.493 e. The van der Waals surface area contributed by atoms with E-state index in [0.717, 1.165) is 33.7 Å². The van der Waals surface area contributed by atoms with E-state index in [9.17, 15) is 0 Å². The van der Waals surface area contributed by atoms with Crippen LogP contribution in [0.15, 0.2) is 40.9 Å². The lowest BCUT2D eigenvalue weighted by molar-refractivity contribution is 0.239. The molecule has 5 heteroatoms. The number of benzene rings is 2. The minimum absolute atomic E-state index is 0.560. The highest BCUT2D eigenvalue weighted by molar-refractivity contribution is 9.10. The van der Waals surface area contributed by atoms with Crippen LogP contribution in [-0.2, 0) is 0 Å². The third-order valence-corrected chi connectivity index (χ3v) is 3.87. The number of hydrogen-bond acceptors (Lipinski definition) is 3. The third-order valence-electron chi connectivity index (χ3n) is 3.02. The van der Waals surface area contributed by atoms with Gasteiger partial charge in [-0.2, -0.15) is 0 Å². The maximum absolute atomic E-state index is 5.89. The molecular weight excluding hydrogens is 368 g/mol. The summed E-state index contributed by atoms with van der Waals surface area (Å²) in [5, 5.41) is 0.675. The standard InChI is InChI=1S/C17H18BrClO3/c1-12-4-6-16(17(10-12)20-2)22-9-3-8-21-15-7-5-13(19)11-14(15)18/h4-7,10-11H,3,8-9H2,1-2H3. The third kappa shape index (κ3) is 4.82. The van der Waals surface area contributed by atoms with Crippen molar-refractivity contribution in [3.63, 3.8) is 0 Å². The molecule has 0 fully saturated rings. The minimum Gasteiger partial charge on any atom is -0.493 e. The Bertz CT molecular complexity index is 631. The monoisotopic (exact) mass is 384 g/mol. The second kappa shape index (κ2) is 8.30. The number of halogens is 2. The van der Waals surface area contributed by atoms with Crippen molar-refractivity contribution in [3.05, 3.63) is 51.5 Å². The Labute approximate surface area is 144 Å². The van der Waals surface area contributed by atoms with Crippen LogP contribution in [0.3, 0.4) is 0 Å². The van der Waals surface area contributed by atoms with Crippen molar-refractivity contribution >= 4 is 27.5 Å². The molecule has 0 saturated heterocycles. The van der Waals surface area contributed by atoms with Crippen LogP contribution in [0.1, 0.15) is 12.0 Å². The van der Waals surface area contributed by atoms with E-state index in [0.29, 0.717) is 18.2 Å². The lowest BCUT2D eigenvalue weighted by atomic mass is 10.2. The van der Waals surface area contributed by atoms with E-state index in [2.05, 4.69) is 15.9 Å². The lowest BCUT2D eigenvalue weighted by Gasteiger charge is -2.12. The Kier molecular flexibility index (Phi) is 6.40. The van der Waals surface area contributed by atoms with E-state index in [1.165, 1.54) is 0 Å². The topological polar surface area (TPSA) is 27.7 Å². The van der Waals surface area contributed by atoms with Crippen molar-refractivity contribution < 1.29 is 14.2 Å². The predicted octanol–water partition coefficient (Wildman–Crippen LogP) is 5.27. The summed E-state index contributed by atoms with van der Waals surface area (Å²) in [4.78, 5) is 0. The average Bonchev–Trinajstić information content (AvgIpc) is 2.50. The summed E-state index contributed by atoms with van der Waals surface area (Å²) in [5.41, 5.74) is 1.14. The Morgan fingerprint density at radius 2 is 1.64 bits per heavy atom. The van der Waals surface area contributed by atoms with Gasteiger partial charge in [0, 0.05) is 11.4 Å². The maximum Gasteiger partial charge on any atom is 0.161 e. The van der Waals surface area contributed by atoms with E-state index in [-0.39, 0.29) is 0 Å². The van der Waals surface area contributed by atoms with Gasteiger partial charge >= 0.3 is 0 Å². The van der Waals surface area contributed by atoms with E-state index >= 15 is 0 Å². The van der Waals surface area contributed by atoms with Gasteiger partial charge in [-0.1, -0.05) is 17.7 Å².